The van der Waals surface area contributed by atoms with Crippen LogP contribution < -0.4 is 4.90 Å². The van der Waals surface area contributed by atoms with Crippen molar-refractivity contribution in [2.75, 3.05) is 11.4 Å². The third-order valence-electron chi connectivity index (χ3n) is 4.54. The maximum atomic E-state index is 12.3. The molecule has 2 fully saturated rings. The fourth-order valence-corrected chi connectivity index (χ4v) is 4.32. The van der Waals surface area contributed by atoms with E-state index in [-0.39, 0.29) is 5.03 Å². The highest BCUT2D eigenvalue weighted by atomic mass is 32.2. The van der Waals surface area contributed by atoms with Gasteiger partial charge in [0.15, 0.2) is 14.9 Å². The number of anilines is 1. The fourth-order valence-electron chi connectivity index (χ4n) is 3.26. The standard InChI is InChI=1S/C15H22N2O2S/c1-15(2,3)20(18,19)14-7-6-13(9-16-14)17-10-11-4-5-12(17)8-11/h6-7,9,11-12H,4-5,8,10H2,1-3H3. The van der Waals surface area contributed by atoms with Crippen LogP contribution >= 0.6 is 0 Å². The van der Waals surface area contributed by atoms with Crippen molar-refractivity contribution in [1.82, 2.24) is 4.98 Å². The lowest BCUT2D eigenvalue weighted by atomic mass is 10.1. The van der Waals surface area contributed by atoms with Gasteiger partial charge in [-0.1, -0.05) is 0 Å². The molecule has 2 unspecified atom stereocenters. The van der Waals surface area contributed by atoms with Gasteiger partial charge >= 0.3 is 0 Å². The van der Waals surface area contributed by atoms with E-state index < -0.39 is 14.6 Å². The van der Waals surface area contributed by atoms with Crippen LogP contribution in [0.5, 0.6) is 0 Å². The van der Waals surface area contributed by atoms with Crippen LogP contribution in [-0.2, 0) is 9.84 Å². The Morgan fingerprint density at radius 3 is 2.45 bits per heavy atom. The zero-order valence-electron chi connectivity index (χ0n) is 12.3. The molecule has 2 atom stereocenters. The van der Waals surface area contributed by atoms with E-state index in [2.05, 4.69) is 9.88 Å². The molecule has 1 saturated carbocycles. The van der Waals surface area contributed by atoms with Crippen molar-refractivity contribution in [1.29, 1.82) is 0 Å². The normalized spacial score (nSPS) is 26.2. The molecular weight excluding hydrogens is 272 g/mol. The summed E-state index contributed by atoms with van der Waals surface area (Å²) in [5, 5.41) is 0.179. The smallest absolute Gasteiger partial charge is 0.200 e. The minimum absolute atomic E-state index is 0.179. The van der Waals surface area contributed by atoms with Crippen LogP contribution in [-0.4, -0.2) is 30.7 Å². The third-order valence-corrected chi connectivity index (χ3v) is 6.95. The average molecular weight is 294 g/mol. The SMILES string of the molecule is CC(C)(C)S(=O)(=O)c1ccc(N2CC3CCC2C3)cn1. The lowest BCUT2D eigenvalue weighted by Gasteiger charge is -2.29. The predicted octanol–water partition coefficient (Wildman–Crippen LogP) is 2.64. The van der Waals surface area contributed by atoms with Crippen molar-refractivity contribution in [2.45, 2.75) is 55.8 Å². The second-order valence-electron chi connectivity index (χ2n) is 6.96. The van der Waals surface area contributed by atoms with E-state index in [0.717, 1.165) is 18.2 Å². The molecule has 1 saturated heterocycles. The molecule has 2 heterocycles. The van der Waals surface area contributed by atoms with E-state index in [4.69, 9.17) is 0 Å². The van der Waals surface area contributed by atoms with Crippen LogP contribution in [0, 0.1) is 5.92 Å². The summed E-state index contributed by atoms with van der Waals surface area (Å²) in [6.07, 6.45) is 5.60. The summed E-state index contributed by atoms with van der Waals surface area (Å²) in [4.78, 5) is 6.60. The van der Waals surface area contributed by atoms with E-state index in [9.17, 15) is 8.42 Å². The first-order valence-electron chi connectivity index (χ1n) is 7.26. The fraction of sp³-hybridized carbons (Fsp3) is 0.667. The number of hydrogen-bond donors (Lipinski definition) is 0. The van der Waals surface area contributed by atoms with Gasteiger partial charge in [0.1, 0.15) is 0 Å². The van der Waals surface area contributed by atoms with E-state index in [1.807, 2.05) is 6.07 Å². The van der Waals surface area contributed by atoms with E-state index in [1.165, 1.54) is 19.3 Å². The highest BCUT2D eigenvalue weighted by Gasteiger charge is 2.38. The molecule has 0 aromatic carbocycles. The summed E-state index contributed by atoms with van der Waals surface area (Å²) < 4.78 is 23.9. The summed E-state index contributed by atoms with van der Waals surface area (Å²) in [6.45, 7) is 6.21. The number of fused-ring (bicyclic) bond motifs is 2. The molecule has 2 aliphatic rings. The summed E-state index contributed by atoms with van der Waals surface area (Å²) in [7, 11) is -3.36. The molecule has 4 nitrogen and oxygen atoms in total. The van der Waals surface area contributed by atoms with Crippen LogP contribution in [0.3, 0.4) is 0 Å². The molecule has 5 heteroatoms. The molecule has 110 valence electrons. The topological polar surface area (TPSA) is 50.3 Å². The highest BCUT2D eigenvalue weighted by Crippen LogP contribution is 2.40. The van der Waals surface area contributed by atoms with Crippen LogP contribution in [0.15, 0.2) is 23.4 Å². The van der Waals surface area contributed by atoms with Crippen LogP contribution in [0.1, 0.15) is 40.0 Å². The average Bonchev–Trinajstić information content (AvgIpc) is 3.00. The quantitative estimate of drug-likeness (QED) is 0.841. The van der Waals surface area contributed by atoms with Gasteiger partial charge in [0, 0.05) is 12.6 Å². The Hall–Kier alpha value is -1.10. The molecule has 0 N–H and O–H groups in total. The third kappa shape index (κ3) is 2.12. The van der Waals surface area contributed by atoms with Gasteiger partial charge < -0.3 is 4.90 Å². The van der Waals surface area contributed by atoms with Gasteiger partial charge in [0.2, 0.25) is 0 Å². The Morgan fingerprint density at radius 1 is 1.25 bits per heavy atom. The Kier molecular flexibility index (Phi) is 3.08. The number of piperidine rings is 1. The van der Waals surface area contributed by atoms with Gasteiger partial charge in [0.05, 0.1) is 16.6 Å². The van der Waals surface area contributed by atoms with Crippen molar-refractivity contribution < 1.29 is 8.42 Å². The number of aromatic nitrogens is 1. The van der Waals surface area contributed by atoms with E-state index in [1.54, 1.807) is 33.0 Å². The number of hydrogen-bond acceptors (Lipinski definition) is 4. The van der Waals surface area contributed by atoms with Gasteiger partial charge in [-0.3, -0.25) is 0 Å². The first-order chi connectivity index (χ1) is 9.29. The van der Waals surface area contributed by atoms with E-state index in [0.29, 0.717) is 6.04 Å². The second-order valence-corrected chi connectivity index (χ2v) is 9.61. The zero-order chi connectivity index (χ0) is 14.5. The largest absolute Gasteiger partial charge is 0.367 e. The molecule has 1 aromatic rings. The molecule has 1 aromatic heterocycles. The number of nitrogens with zero attached hydrogens (tertiary/aromatic N) is 2. The summed E-state index contributed by atoms with van der Waals surface area (Å²) in [5.41, 5.74) is 1.06. The van der Waals surface area contributed by atoms with Crippen molar-refractivity contribution >= 4 is 15.5 Å². The maximum Gasteiger partial charge on any atom is 0.200 e. The number of pyridine rings is 1. The van der Waals surface area contributed by atoms with Crippen LogP contribution in [0.4, 0.5) is 5.69 Å². The summed E-state index contributed by atoms with van der Waals surface area (Å²) in [5.74, 6) is 0.818. The first kappa shape index (κ1) is 13.9. The molecule has 1 aliphatic heterocycles. The molecule has 0 radical (unpaired) electrons. The zero-order valence-corrected chi connectivity index (χ0v) is 13.2. The molecule has 1 aliphatic carbocycles. The predicted molar refractivity (Wildman–Crippen MR) is 79.7 cm³/mol. The van der Waals surface area contributed by atoms with Crippen molar-refractivity contribution in [3.63, 3.8) is 0 Å². The minimum atomic E-state index is -3.36. The summed E-state index contributed by atoms with van der Waals surface area (Å²) >= 11 is 0. The van der Waals surface area contributed by atoms with Crippen molar-refractivity contribution in [3.8, 4) is 0 Å². The monoisotopic (exact) mass is 294 g/mol. The second kappa shape index (κ2) is 4.45. The Labute approximate surface area is 121 Å². The maximum absolute atomic E-state index is 12.3. The lowest BCUT2D eigenvalue weighted by Crippen LogP contribution is -2.32. The van der Waals surface area contributed by atoms with Gasteiger partial charge in [0.25, 0.3) is 0 Å². The molecule has 20 heavy (non-hydrogen) atoms. The first-order valence-corrected chi connectivity index (χ1v) is 8.75. The van der Waals surface area contributed by atoms with Crippen LogP contribution in [0.2, 0.25) is 0 Å². The van der Waals surface area contributed by atoms with Gasteiger partial charge in [-0.15, -0.1) is 0 Å². The summed E-state index contributed by atoms with van der Waals surface area (Å²) in [6, 6.07) is 4.20. The number of rotatable bonds is 2. The Balaban J connectivity index is 1.86. The van der Waals surface area contributed by atoms with E-state index >= 15 is 0 Å². The molecular formula is C15H22N2O2S. The lowest BCUT2D eigenvalue weighted by molar-refractivity contribution is 0.551. The molecule has 2 bridgehead atoms. The van der Waals surface area contributed by atoms with Crippen molar-refractivity contribution in [2.24, 2.45) is 5.92 Å². The van der Waals surface area contributed by atoms with Crippen LogP contribution in [0.25, 0.3) is 0 Å². The minimum Gasteiger partial charge on any atom is -0.367 e. The molecule has 0 spiro atoms. The molecule has 3 rings (SSSR count). The highest BCUT2D eigenvalue weighted by molar-refractivity contribution is 7.92. The molecule has 0 amide bonds. The van der Waals surface area contributed by atoms with Crippen molar-refractivity contribution in [3.05, 3.63) is 18.3 Å². The Morgan fingerprint density at radius 2 is 2.00 bits per heavy atom. The number of sulfone groups is 1. The van der Waals surface area contributed by atoms with Gasteiger partial charge in [-0.05, 0) is 58.1 Å². The Bertz CT molecular complexity index is 602. The van der Waals surface area contributed by atoms with Gasteiger partial charge in [-0.25, -0.2) is 13.4 Å². The van der Waals surface area contributed by atoms with Gasteiger partial charge in [-0.2, -0.15) is 0 Å².